The van der Waals surface area contributed by atoms with Gasteiger partial charge in [0.1, 0.15) is 5.75 Å². The fraction of sp³-hybridized carbons (Fsp3) is 0.0769. The molecule has 0 radical (unpaired) electrons. The van der Waals surface area contributed by atoms with E-state index in [9.17, 15) is 25.2 Å². The normalized spacial score (nSPS) is 11.2. The number of hydrogen-bond acceptors (Lipinski definition) is 8. The van der Waals surface area contributed by atoms with E-state index in [1.54, 1.807) is 18.9 Å². The molecule has 0 bridgehead atoms. The van der Waals surface area contributed by atoms with Crippen LogP contribution in [0.1, 0.15) is 0 Å². The molecule has 32 heteroatoms. The summed E-state index contributed by atoms with van der Waals surface area (Å²) in [7, 11) is -29.2. The largest absolute Gasteiger partial charge is 0.507 e. The number of ether oxygens (including phenoxy) is 1. The molecule has 268 valence electrons. The van der Waals surface area contributed by atoms with E-state index in [0.29, 0.717) is 0 Å². The predicted octanol–water partition coefficient (Wildman–Crippen LogP) is 4.14. The Morgan fingerprint density at radius 1 is 0.444 bits per heavy atom. The molecule has 0 aliphatic rings. The van der Waals surface area contributed by atoms with E-state index in [2.05, 4.69) is 24.3 Å². The summed E-state index contributed by atoms with van der Waals surface area (Å²) in [4.78, 5) is 86.1. The molecule has 0 spiro atoms. The van der Waals surface area contributed by atoms with Crippen molar-refractivity contribution in [3.8, 4) is 5.75 Å². The minimum Gasteiger partial charge on any atom is -0.497 e. The molecule has 0 saturated heterocycles. The molecular formula is C13H24F6O19P6S. The van der Waals surface area contributed by atoms with E-state index < -0.39 is 47.4 Å². The second kappa shape index (κ2) is 25.1. The summed E-state index contributed by atoms with van der Waals surface area (Å²) < 4.78 is 119. The highest BCUT2D eigenvalue weighted by Gasteiger charge is 2.07. The van der Waals surface area contributed by atoms with Gasteiger partial charge < -0.3 is 4.74 Å². The number of methoxy groups -OCH3 is 1. The summed E-state index contributed by atoms with van der Waals surface area (Å²) in [5.74, 6) is 0.896. The Morgan fingerprint density at radius 3 is 0.844 bits per heavy atom. The maximum absolute atomic E-state index is 10.4. The SMILES string of the molecule is COc1ccc(Sc2ccccc2)cc1.O=P(O)(O)F.O=P(O)(O)F.O=P(O)(O)F.O=P(O)(O)F.O=P(O)(O)F.O=P(O)(O)F. The van der Waals surface area contributed by atoms with Crippen LogP contribution in [0.2, 0.25) is 0 Å². The van der Waals surface area contributed by atoms with Gasteiger partial charge in [-0.3, -0.25) is 58.7 Å². The average Bonchev–Trinajstić information content (AvgIpc) is 2.68. The van der Waals surface area contributed by atoms with Crippen LogP contribution in [0, 0.1) is 0 Å². The topological polar surface area (TPSA) is 354 Å². The van der Waals surface area contributed by atoms with Gasteiger partial charge in [-0.15, -0.1) is 25.2 Å². The van der Waals surface area contributed by atoms with Crippen molar-refractivity contribution < 1.29 is 116 Å². The molecule has 0 aliphatic carbocycles. The van der Waals surface area contributed by atoms with E-state index in [4.69, 9.17) is 90.8 Å². The van der Waals surface area contributed by atoms with E-state index in [1.807, 2.05) is 30.3 Å². The molecule has 0 heterocycles. The smallest absolute Gasteiger partial charge is 0.497 e. The summed E-state index contributed by atoms with van der Waals surface area (Å²) in [6.07, 6.45) is 0. The van der Waals surface area contributed by atoms with Gasteiger partial charge in [-0.05, 0) is 36.4 Å². The Labute approximate surface area is 252 Å². The second-order valence-corrected chi connectivity index (χ2v) is 12.8. The maximum Gasteiger partial charge on any atom is 0.507 e. The Kier molecular flexibility index (Phi) is 29.9. The quantitative estimate of drug-likeness (QED) is 0.153. The van der Waals surface area contributed by atoms with E-state index in [0.717, 1.165) is 5.75 Å². The van der Waals surface area contributed by atoms with Crippen molar-refractivity contribution in [2.45, 2.75) is 9.79 Å². The fourth-order valence-electron chi connectivity index (χ4n) is 1.27. The minimum atomic E-state index is -5.14. The summed E-state index contributed by atoms with van der Waals surface area (Å²) in [6, 6.07) is 18.4. The van der Waals surface area contributed by atoms with Crippen LogP contribution in [-0.4, -0.2) is 65.8 Å². The predicted molar refractivity (Wildman–Crippen MR) is 142 cm³/mol. The highest BCUT2D eigenvalue weighted by molar-refractivity contribution is 7.99. The van der Waals surface area contributed by atoms with Gasteiger partial charge in [-0.1, -0.05) is 30.0 Å². The van der Waals surface area contributed by atoms with Crippen molar-refractivity contribution in [3.63, 3.8) is 0 Å². The van der Waals surface area contributed by atoms with Crippen LogP contribution in [0.4, 0.5) is 25.2 Å². The molecule has 0 aliphatic heterocycles. The maximum atomic E-state index is 10.4. The highest BCUT2D eigenvalue weighted by atomic mass is 32.2. The van der Waals surface area contributed by atoms with Crippen molar-refractivity contribution >= 4 is 59.2 Å². The number of rotatable bonds is 3. The zero-order valence-corrected chi connectivity index (χ0v) is 27.5. The first-order valence-corrected chi connectivity index (χ1v) is 19.1. The van der Waals surface area contributed by atoms with Gasteiger partial charge in [0.25, 0.3) is 0 Å². The van der Waals surface area contributed by atoms with Crippen LogP contribution < -0.4 is 4.74 Å². The molecule has 12 N–H and O–H groups in total. The molecule has 0 unspecified atom stereocenters. The number of halogens is 6. The molecule has 0 atom stereocenters. The van der Waals surface area contributed by atoms with Gasteiger partial charge >= 0.3 is 47.4 Å². The molecular weight excluding hydrogens is 792 g/mol. The molecule has 0 saturated carbocycles. The van der Waals surface area contributed by atoms with Crippen molar-refractivity contribution in [2.24, 2.45) is 0 Å². The summed E-state index contributed by atoms with van der Waals surface area (Å²) >= 11 is 1.75. The van der Waals surface area contributed by atoms with Crippen molar-refractivity contribution in [2.75, 3.05) is 7.11 Å². The molecule has 0 aromatic heterocycles. The second-order valence-electron chi connectivity index (χ2n) is 5.93. The van der Waals surface area contributed by atoms with E-state index in [-0.39, 0.29) is 0 Å². The molecule has 2 aromatic carbocycles. The molecule has 0 fully saturated rings. The number of hydrogen-bond donors (Lipinski definition) is 12. The Balaban J connectivity index is -0.000000151. The van der Waals surface area contributed by atoms with Crippen molar-refractivity contribution in [3.05, 3.63) is 54.6 Å². The van der Waals surface area contributed by atoms with Crippen LogP contribution in [0.3, 0.4) is 0 Å². The van der Waals surface area contributed by atoms with Gasteiger partial charge in [0.05, 0.1) is 7.11 Å². The van der Waals surface area contributed by atoms with Crippen LogP contribution in [0.15, 0.2) is 64.4 Å². The molecule has 0 amide bonds. The highest BCUT2D eigenvalue weighted by Crippen LogP contribution is 2.37. The van der Waals surface area contributed by atoms with Gasteiger partial charge in [0.15, 0.2) is 0 Å². The lowest BCUT2D eigenvalue weighted by atomic mass is 10.3. The fourth-order valence-corrected chi connectivity index (χ4v) is 2.11. The first-order chi connectivity index (χ1) is 19.4. The average molecular weight is 816 g/mol. The van der Waals surface area contributed by atoms with Crippen LogP contribution in [0.5, 0.6) is 5.75 Å². The van der Waals surface area contributed by atoms with E-state index in [1.165, 1.54) is 9.79 Å². The van der Waals surface area contributed by atoms with Crippen molar-refractivity contribution in [1.29, 1.82) is 0 Å². The Hall–Kier alpha value is -0.930. The lowest BCUT2D eigenvalue weighted by Crippen LogP contribution is -1.81. The van der Waals surface area contributed by atoms with Gasteiger partial charge in [-0.2, -0.15) is 0 Å². The Bertz CT molecular complexity index is 1120. The lowest BCUT2D eigenvalue weighted by molar-refractivity contribution is 0.320. The zero-order valence-electron chi connectivity index (χ0n) is 21.3. The molecule has 2 rings (SSSR count). The number of benzene rings is 2. The third kappa shape index (κ3) is 136. The summed E-state index contributed by atoms with van der Waals surface area (Å²) in [5.41, 5.74) is 0. The molecule has 19 nitrogen and oxygen atoms in total. The standard InChI is InChI=1S/C13H12OS.6FH2O3P/c1-14-11-7-9-13(10-8-11)15-12-5-3-2-4-6-12;6*1-5(2,3)4/h2-10H,1H3;6*(H2,2,3,4). The monoisotopic (exact) mass is 816 g/mol. The van der Waals surface area contributed by atoms with Crippen LogP contribution in [-0.2, 0) is 27.4 Å². The minimum absolute atomic E-state index is 0.896. The van der Waals surface area contributed by atoms with Crippen molar-refractivity contribution in [1.82, 2.24) is 0 Å². The lowest BCUT2D eigenvalue weighted by Gasteiger charge is -2.02. The third-order valence-electron chi connectivity index (χ3n) is 2.04. The Morgan fingerprint density at radius 2 is 0.644 bits per heavy atom. The summed E-state index contributed by atoms with van der Waals surface area (Å²) in [6.45, 7) is 0. The third-order valence-corrected chi connectivity index (χ3v) is 3.05. The summed E-state index contributed by atoms with van der Waals surface area (Å²) in [5, 5.41) is 0. The van der Waals surface area contributed by atoms with Crippen LogP contribution in [0.25, 0.3) is 0 Å². The first-order valence-electron chi connectivity index (χ1n) is 9.26. The zero-order chi connectivity index (χ0) is 37.5. The van der Waals surface area contributed by atoms with Gasteiger partial charge in [0.2, 0.25) is 0 Å². The van der Waals surface area contributed by atoms with Gasteiger partial charge in [-0.25, -0.2) is 27.4 Å². The first kappa shape index (κ1) is 53.6. The molecule has 45 heavy (non-hydrogen) atoms. The molecule has 2 aromatic rings. The van der Waals surface area contributed by atoms with Crippen LogP contribution >= 0.6 is 59.2 Å². The van der Waals surface area contributed by atoms with E-state index >= 15 is 0 Å². The van der Waals surface area contributed by atoms with Gasteiger partial charge in [0, 0.05) is 9.79 Å².